The summed E-state index contributed by atoms with van der Waals surface area (Å²) in [5.41, 5.74) is 1.46. The van der Waals surface area contributed by atoms with Gasteiger partial charge in [0, 0.05) is 0 Å². The van der Waals surface area contributed by atoms with E-state index in [0.717, 1.165) is 5.56 Å². The standard InChI is InChI=1S/C19H21N5O2S/c1-3-26-16-12-8-7-11-15(16)21-18(25)17(14-9-5-4-6-10-14)27-19-23-22-13(2)24(19)20/h4-12,17H,3,20H2,1-2H3,(H,21,25). The first-order chi connectivity index (χ1) is 13.1. The van der Waals surface area contributed by atoms with Crippen molar-refractivity contribution in [2.45, 2.75) is 24.3 Å². The smallest absolute Gasteiger partial charge is 0.242 e. The number of nitrogen functional groups attached to an aromatic ring is 1. The summed E-state index contributed by atoms with van der Waals surface area (Å²) < 4.78 is 6.97. The predicted molar refractivity (Wildman–Crippen MR) is 106 cm³/mol. The number of benzene rings is 2. The number of aromatic nitrogens is 3. The molecule has 0 saturated heterocycles. The van der Waals surface area contributed by atoms with E-state index in [2.05, 4.69) is 15.5 Å². The van der Waals surface area contributed by atoms with E-state index in [1.165, 1.54) is 16.4 Å². The van der Waals surface area contributed by atoms with Crippen molar-refractivity contribution in [1.29, 1.82) is 0 Å². The van der Waals surface area contributed by atoms with Crippen LogP contribution in [-0.4, -0.2) is 27.4 Å². The highest BCUT2D eigenvalue weighted by molar-refractivity contribution is 8.00. The number of nitrogens with zero attached hydrogens (tertiary/aromatic N) is 3. The summed E-state index contributed by atoms with van der Waals surface area (Å²) in [6, 6.07) is 16.8. The van der Waals surface area contributed by atoms with Gasteiger partial charge in [-0.05, 0) is 31.5 Å². The Morgan fingerprint density at radius 3 is 2.56 bits per heavy atom. The average Bonchev–Trinajstić information content (AvgIpc) is 3.00. The van der Waals surface area contributed by atoms with Crippen LogP contribution in [0.4, 0.5) is 5.69 Å². The van der Waals surface area contributed by atoms with Crippen LogP contribution in [0.5, 0.6) is 5.75 Å². The first-order valence-electron chi connectivity index (χ1n) is 8.51. The lowest BCUT2D eigenvalue weighted by Gasteiger charge is -2.18. The third kappa shape index (κ3) is 4.40. The third-order valence-corrected chi connectivity index (χ3v) is 5.05. The van der Waals surface area contributed by atoms with Gasteiger partial charge in [-0.2, -0.15) is 0 Å². The molecule has 0 spiro atoms. The zero-order valence-corrected chi connectivity index (χ0v) is 15.9. The number of hydrogen-bond acceptors (Lipinski definition) is 6. The Hall–Kier alpha value is -3.00. The summed E-state index contributed by atoms with van der Waals surface area (Å²) >= 11 is 1.25. The second-order valence-corrected chi connectivity index (χ2v) is 6.80. The maximum atomic E-state index is 13.1. The van der Waals surface area contributed by atoms with Gasteiger partial charge in [-0.25, -0.2) is 4.68 Å². The zero-order valence-electron chi connectivity index (χ0n) is 15.1. The molecule has 0 saturated carbocycles. The van der Waals surface area contributed by atoms with Gasteiger partial charge >= 0.3 is 0 Å². The molecule has 3 aromatic rings. The number of carbonyl (C=O) groups excluding carboxylic acids is 1. The summed E-state index contributed by atoms with van der Waals surface area (Å²) in [5.74, 6) is 6.97. The Morgan fingerprint density at radius 1 is 1.19 bits per heavy atom. The lowest BCUT2D eigenvalue weighted by atomic mass is 10.1. The molecule has 0 aliphatic rings. The van der Waals surface area contributed by atoms with Crippen molar-refractivity contribution < 1.29 is 9.53 Å². The molecule has 1 heterocycles. The van der Waals surface area contributed by atoms with E-state index in [4.69, 9.17) is 10.6 Å². The molecular weight excluding hydrogens is 362 g/mol. The summed E-state index contributed by atoms with van der Waals surface area (Å²) in [4.78, 5) is 13.1. The van der Waals surface area contributed by atoms with Gasteiger partial charge in [0.25, 0.3) is 0 Å². The quantitative estimate of drug-likeness (QED) is 0.481. The molecule has 1 atom stereocenters. The number of rotatable bonds is 7. The van der Waals surface area contributed by atoms with E-state index in [0.29, 0.717) is 29.0 Å². The van der Waals surface area contributed by atoms with Crippen molar-refractivity contribution in [3.63, 3.8) is 0 Å². The van der Waals surface area contributed by atoms with Crippen LogP contribution in [-0.2, 0) is 4.79 Å². The average molecular weight is 383 g/mol. The van der Waals surface area contributed by atoms with E-state index < -0.39 is 5.25 Å². The van der Waals surface area contributed by atoms with Crippen molar-refractivity contribution in [3.8, 4) is 5.75 Å². The van der Waals surface area contributed by atoms with Gasteiger partial charge in [-0.3, -0.25) is 4.79 Å². The Bertz CT molecular complexity index is 913. The van der Waals surface area contributed by atoms with Gasteiger partial charge in [0.2, 0.25) is 11.1 Å². The van der Waals surface area contributed by atoms with E-state index in [9.17, 15) is 4.79 Å². The molecule has 1 amide bonds. The fraction of sp³-hybridized carbons (Fsp3) is 0.211. The molecule has 7 nitrogen and oxygen atoms in total. The Labute approximate surface area is 161 Å². The minimum atomic E-state index is -0.549. The minimum absolute atomic E-state index is 0.195. The Balaban J connectivity index is 1.89. The van der Waals surface area contributed by atoms with Crippen LogP contribution < -0.4 is 15.9 Å². The molecule has 1 aromatic heterocycles. The molecule has 3 rings (SSSR count). The number of nitrogens with two attached hydrogens (primary N) is 1. The van der Waals surface area contributed by atoms with Crippen molar-refractivity contribution >= 4 is 23.4 Å². The molecule has 3 N–H and O–H groups in total. The van der Waals surface area contributed by atoms with Crippen LogP contribution in [0.2, 0.25) is 0 Å². The second kappa shape index (κ2) is 8.59. The van der Waals surface area contributed by atoms with E-state index in [-0.39, 0.29) is 5.91 Å². The number of thioether (sulfide) groups is 1. The fourth-order valence-corrected chi connectivity index (χ4v) is 3.49. The van der Waals surface area contributed by atoms with Gasteiger partial charge in [0.05, 0.1) is 12.3 Å². The first kappa shape index (κ1) is 18.8. The van der Waals surface area contributed by atoms with Crippen molar-refractivity contribution in [1.82, 2.24) is 14.9 Å². The van der Waals surface area contributed by atoms with Crippen LogP contribution >= 0.6 is 11.8 Å². The number of hydrogen-bond donors (Lipinski definition) is 2. The Morgan fingerprint density at radius 2 is 1.89 bits per heavy atom. The monoisotopic (exact) mass is 383 g/mol. The summed E-state index contributed by atoms with van der Waals surface area (Å²) in [6.45, 7) is 4.17. The number of para-hydroxylation sites is 2. The number of amides is 1. The second-order valence-electron chi connectivity index (χ2n) is 5.73. The van der Waals surface area contributed by atoms with Gasteiger partial charge in [-0.15, -0.1) is 10.2 Å². The number of nitrogens with one attached hydrogen (secondary N) is 1. The molecule has 2 aromatic carbocycles. The highest BCUT2D eigenvalue weighted by Crippen LogP contribution is 2.36. The number of ether oxygens (including phenoxy) is 1. The molecule has 0 aliphatic heterocycles. The van der Waals surface area contributed by atoms with Crippen molar-refractivity contribution in [3.05, 3.63) is 66.0 Å². The SMILES string of the molecule is CCOc1ccccc1NC(=O)C(Sc1nnc(C)n1N)c1ccccc1. The molecule has 140 valence electrons. The molecule has 1 unspecified atom stereocenters. The van der Waals surface area contributed by atoms with Crippen molar-refractivity contribution in [2.24, 2.45) is 0 Å². The van der Waals surface area contributed by atoms with Gasteiger partial charge in [0.15, 0.2) is 0 Å². The predicted octanol–water partition coefficient (Wildman–Crippen LogP) is 3.17. The van der Waals surface area contributed by atoms with Crippen LogP contribution in [0, 0.1) is 6.92 Å². The molecular formula is C19H21N5O2S. The molecule has 0 fully saturated rings. The normalized spacial score (nSPS) is 11.8. The van der Waals surface area contributed by atoms with E-state index in [1.54, 1.807) is 6.92 Å². The van der Waals surface area contributed by atoms with Crippen molar-refractivity contribution in [2.75, 3.05) is 17.8 Å². The zero-order chi connectivity index (χ0) is 19.2. The topological polar surface area (TPSA) is 95.1 Å². The van der Waals surface area contributed by atoms with Crippen LogP contribution in [0.25, 0.3) is 0 Å². The van der Waals surface area contributed by atoms with Crippen LogP contribution in [0.3, 0.4) is 0 Å². The maximum absolute atomic E-state index is 13.1. The lowest BCUT2D eigenvalue weighted by molar-refractivity contribution is -0.115. The van der Waals surface area contributed by atoms with Crippen LogP contribution in [0.15, 0.2) is 59.8 Å². The summed E-state index contributed by atoms with van der Waals surface area (Å²) in [5, 5.41) is 10.9. The third-order valence-electron chi connectivity index (χ3n) is 3.84. The summed E-state index contributed by atoms with van der Waals surface area (Å²) in [6.07, 6.45) is 0. The minimum Gasteiger partial charge on any atom is -0.492 e. The molecule has 0 aliphatic carbocycles. The van der Waals surface area contributed by atoms with Gasteiger partial charge in [0.1, 0.15) is 16.8 Å². The lowest BCUT2D eigenvalue weighted by Crippen LogP contribution is -2.21. The molecule has 8 heteroatoms. The van der Waals surface area contributed by atoms with E-state index >= 15 is 0 Å². The number of carbonyl (C=O) groups is 1. The highest BCUT2D eigenvalue weighted by Gasteiger charge is 2.25. The van der Waals surface area contributed by atoms with Gasteiger partial charge in [-0.1, -0.05) is 54.2 Å². The first-order valence-corrected chi connectivity index (χ1v) is 9.39. The van der Waals surface area contributed by atoms with Crippen LogP contribution in [0.1, 0.15) is 23.6 Å². The number of aryl methyl sites for hydroxylation is 1. The van der Waals surface area contributed by atoms with E-state index in [1.807, 2.05) is 61.5 Å². The largest absolute Gasteiger partial charge is 0.492 e. The maximum Gasteiger partial charge on any atom is 0.242 e. The fourth-order valence-electron chi connectivity index (χ4n) is 2.49. The molecule has 0 radical (unpaired) electrons. The highest BCUT2D eigenvalue weighted by atomic mass is 32.2. The number of anilines is 1. The summed E-state index contributed by atoms with van der Waals surface area (Å²) in [7, 11) is 0. The molecule has 27 heavy (non-hydrogen) atoms. The molecule has 0 bridgehead atoms. The van der Waals surface area contributed by atoms with Gasteiger partial charge < -0.3 is 15.9 Å². The Kier molecular flexibility index (Phi) is 5.97.